The van der Waals surface area contributed by atoms with Crippen molar-refractivity contribution in [3.63, 3.8) is 0 Å². The van der Waals surface area contributed by atoms with Gasteiger partial charge in [0.15, 0.2) is 6.79 Å². The fourth-order valence-corrected chi connectivity index (χ4v) is 1.40. The Morgan fingerprint density at radius 1 is 1.21 bits per heavy atom. The average Bonchev–Trinajstić information content (AvgIpc) is 2.32. The molecule has 1 unspecified atom stereocenters. The number of rotatable bonds is 7. The van der Waals surface area contributed by atoms with E-state index in [-0.39, 0.29) is 6.10 Å². The molecule has 6 heteroatoms. The number of hydrogen-bond donors (Lipinski definition) is 1. The Hall–Kier alpha value is -1.27. The molecule has 0 spiro atoms. The highest BCUT2D eigenvalue weighted by molar-refractivity contribution is 5.27. The van der Waals surface area contributed by atoms with E-state index in [9.17, 15) is 13.2 Å². The van der Waals surface area contributed by atoms with E-state index in [1.807, 2.05) is 12.1 Å². The third-order valence-corrected chi connectivity index (χ3v) is 2.35. The summed E-state index contributed by atoms with van der Waals surface area (Å²) in [6.07, 6.45) is -3.29. The Bertz CT molecular complexity index is 360. The van der Waals surface area contributed by atoms with E-state index in [2.05, 4.69) is 4.74 Å². The Labute approximate surface area is 110 Å². The minimum atomic E-state index is -4.34. The molecule has 0 saturated carbocycles. The first-order valence-electron chi connectivity index (χ1n) is 5.91. The second-order valence-corrected chi connectivity index (χ2v) is 4.26. The molecule has 0 radical (unpaired) electrons. The third-order valence-electron chi connectivity index (χ3n) is 2.35. The normalized spacial score (nSPS) is 13.3. The second kappa shape index (κ2) is 7.35. The molecule has 19 heavy (non-hydrogen) atoms. The number of aliphatic hydroxyl groups excluding tert-OH is 1. The van der Waals surface area contributed by atoms with Gasteiger partial charge in [0, 0.05) is 0 Å². The highest BCUT2D eigenvalue weighted by Gasteiger charge is 2.27. The number of halogens is 3. The Morgan fingerprint density at radius 3 is 2.37 bits per heavy atom. The van der Waals surface area contributed by atoms with Crippen molar-refractivity contribution in [2.24, 2.45) is 0 Å². The molecule has 0 saturated heterocycles. The summed E-state index contributed by atoms with van der Waals surface area (Å²) in [5.41, 5.74) is 1.03. The molecule has 0 heterocycles. The topological polar surface area (TPSA) is 38.7 Å². The molecule has 0 aromatic heterocycles. The van der Waals surface area contributed by atoms with Crippen molar-refractivity contribution in [2.45, 2.75) is 32.0 Å². The van der Waals surface area contributed by atoms with Gasteiger partial charge in [0.2, 0.25) is 0 Å². The van der Waals surface area contributed by atoms with Crippen LogP contribution in [0.2, 0.25) is 0 Å². The van der Waals surface area contributed by atoms with E-state index >= 15 is 0 Å². The molecule has 1 N–H and O–H groups in total. The van der Waals surface area contributed by atoms with E-state index in [0.29, 0.717) is 12.2 Å². The van der Waals surface area contributed by atoms with Gasteiger partial charge in [-0.25, -0.2) is 0 Å². The van der Waals surface area contributed by atoms with Crippen molar-refractivity contribution in [3.8, 4) is 5.75 Å². The zero-order valence-corrected chi connectivity index (χ0v) is 10.6. The molecular formula is C13H17F3O3. The predicted molar refractivity (Wildman–Crippen MR) is 63.9 cm³/mol. The first kappa shape index (κ1) is 15.8. The first-order chi connectivity index (χ1) is 8.87. The molecular weight excluding hydrogens is 261 g/mol. The molecule has 108 valence electrons. The van der Waals surface area contributed by atoms with Gasteiger partial charge in [-0.15, -0.1) is 0 Å². The lowest BCUT2D eigenvalue weighted by Gasteiger charge is -2.10. The summed E-state index contributed by atoms with van der Waals surface area (Å²) < 4.78 is 44.7. The number of aliphatic hydroxyl groups is 1. The van der Waals surface area contributed by atoms with Crippen LogP contribution in [-0.4, -0.2) is 30.8 Å². The van der Waals surface area contributed by atoms with Crippen LogP contribution in [0.4, 0.5) is 13.2 Å². The fourth-order valence-electron chi connectivity index (χ4n) is 1.40. The van der Waals surface area contributed by atoms with Crippen LogP contribution in [0.1, 0.15) is 18.9 Å². The van der Waals surface area contributed by atoms with Crippen molar-refractivity contribution in [2.75, 3.05) is 13.4 Å². The van der Waals surface area contributed by atoms with Crippen molar-refractivity contribution < 1.29 is 27.8 Å². The number of alkyl halides is 3. The van der Waals surface area contributed by atoms with Crippen molar-refractivity contribution in [1.29, 1.82) is 0 Å². The molecule has 0 aliphatic rings. The quantitative estimate of drug-likeness (QED) is 0.615. The van der Waals surface area contributed by atoms with E-state index in [1.54, 1.807) is 19.1 Å². The molecule has 0 amide bonds. The summed E-state index contributed by atoms with van der Waals surface area (Å²) in [7, 11) is 0. The van der Waals surface area contributed by atoms with Gasteiger partial charge in [-0.2, -0.15) is 13.2 Å². The lowest BCUT2D eigenvalue weighted by molar-refractivity contribution is -0.186. The SMILES string of the molecule is CC(O)CCc1ccc(OCOCC(F)(F)F)cc1. The van der Waals surface area contributed by atoms with Gasteiger partial charge in [-0.05, 0) is 37.5 Å². The third kappa shape index (κ3) is 7.69. The summed E-state index contributed by atoms with van der Waals surface area (Å²) in [4.78, 5) is 0. The minimum Gasteiger partial charge on any atom is -0.468 e. The van der Waals surface area contributed by atoms with Gasteiger partial charge in [-0.3, -0.25) is 0 Å². The van der Waals surface area contributed by atoms with Gasteiger partial charge in [0.05, 0.1) is 6.10 Å². The standard InChI is InChI=1S/C13H17F3O3/c1-10(17)2-3-11-4-6-12(7-5-11)19-9-18-8-13(14,15)16/h4-7,10,17H,2-3,8-9H2,1H3. The van der Waals surface area contributed by atoms with Gasteiger partial charge in [-0.1, -0.05) is 12.1 Å². The molecule has 0 bridgehead atoms. The van der Waals surface area contributed by atoms with Crippen LogP contribution in [0, 0.1) is 0 Å². The van der Waals surface area contributed by atoms with Gasteiger partial charge >= 0.3 is 6.18 Å². The molecule has 0 fully saturated rings. The van der Waals surface area contributed by atoms with E-state index in [4.69, 9.17) is 9.84 Å². The maximum absolute atomic E-state index is 11.8. The maximum atomic E-state index is 11.8. The smallest absolute Gasteiger partial charge is 0.411 e. The van der Waals surface area contributed by atoms with Crippen molar-refractivity contribution in [1.82, 2.24) is 0 Å². The fraction of sp³-hybridized carbons (Fsp3) is 0.538. The van der Waals surface area contributed by atoms with E-state index < -0.39 is 19.6 Å². The molecule has 1 rings (SSSR count). The predicted octanol–water partition coefficient (Wildman–Crippen LogP) is 2.92. The summed E-state index contributed by atoms with van der Waals surface area (Å²) in [5.74, 6) is 0.447. The van der Waals surface area contributed by atoms with Crippen LogP contribution >= 0.6 is 0 Å². The largest absolute Gasteiger partial charge is 0.468 e. The van der Waals surface area contributed by atoms with Crippen molar-refractivity contribution >= 4 is 0 Å². The van der Waals surface area contributed by atoms with Crippen LogP contribution in [0.5, 0.6) is 5.75 Å². The molecule has 1 atom stereocenters. The summed E-state index contributed by atoms with van der Waals surface area (Å²) in [6.45, 7) is -0.0402. The van der Waals surface area contributed by atoms with Crippen LogP contribution < -0.4 is 4.74 Å². The molecule has 0 aliphatic carbocycles. The summed E-state index contributed by atoms with van der Waals surface area (Å²) in [6, 6.07) is 6.94. The number of ether oxygens (including phenoxy) is 2. The van der Waals surface area contributed by atoms with Crippen molar-refractivity contribution in [3.05, 3.63) is 29.8 Å². The maximum Gasteiger partial charge on any atom is 0.411 e. The second-order valence-electron chi connectivity index (χ2n) is 4.26. The van der Waals surface area contributed by atoms with Gasteiger partial charge < -0.3 is 14.6 Å². The number of benzene rings is 1. The van der Waals surface area contributed by atoms with Gasteiger partial charge in [0.25, 0.3) is 0 Å². The molecule has 1 aromatic rings. The minimum absolute atomic E-state index is 0.355. The Kier molecular flexibility index (Phi) is 6.11. The highest BCUT2D eigenvalue weighted by Crippen LogP contribution is 2.16. The lowest BCUT2D eigenvalue weighted by Crippen LogP contribution is -2.19. The monoisotopic (exact) mass is 278 g/mol. The number of aryl methyl sites for hydroxylation is 1. The molecule has 0 aliphatic heterocycles. The lowest BCUT2D eigenvalue weighted by atomic mass is 10.1. The van der Waals surface area contributed by atoms with Crippen LogP contribution in [0.25, 0.3) is 0 Å². The Balaban J connectivity index is 2.28. The Morgan fingerprint density at radius 2 is 1.84 bits per heavy atom. The van der Waals surface area contributed by atoms with Crippen LogP contribution in [-0.2, 0) is 11.2 Å². The first-order valence-corrected chi connectivity index (χ1v) is 5.91. The average molecular weight is 278 g/mol. The zero-order valence-electron chi connectivity index (χ0n) is 10.6. The van der Waals surface area contributed by atoms with Crippen LogP contribution in [0.3, 0.4) is 0 Å². The zero-order chi connectivity index (χ0) is 14.3. The summed E-state index contributed by atoms with van der Waals surface area (Å²) >= 11 is 0. The molecule has 1 aromatic carbocycles. The summed E-state index contributed by atoms with van der Waals surface area (Å²) in [5, 5.41) is 9.14. The molecule has 3 nitrogen and oxygen atoms in total. The highest BCUT2D eigenvalue weighted by atomic mass is 19.4. The number of hydrogen-bond acceptors (Lipinski definition) is 3. The van der Waals surface area contributed by atoms with E-state index in [1.165, 1.54) is 0 Å². The van der Waals surface area contributed by atoms with Gasteiger partial charge in [0.1, 0.15) is 12.4 Å². The van der Waals surface area contributed by atoms with E-state index in [0.717, 1.165) is 12.0 Å². The van der Waals surface area contributed by atoms with Crippen LogP contribution in [0.15, 0.2) is 24.3 Å².